The van der Waals surface area contributed by atoms with E-state index in [1.54, 1.807) is 49.4 Å². The summed E-state index contributed by atoms with van der Waals surface area (Å²) in [7, 11) is -3.82. The molecule has 0 bridgehead atoms. The molecule has 0 spiro atoms. The Hall–Kier alpha value is -1.81. The van der Waals surface area contributed by atoms with Crippen LogP contribution in [0.25, 0.3) is 0 Å². The van der Waals surface area contributed by atoms with Crippen LogP contribution in [0.5, 0.6) is 0 Å². The van der Waals surface area contributed by atoms with Crippen LogP contribution in [0.4, 0.5) is 5.69 Å². The smallest absolute Gasteiger partial charge is 0.244 e. The third kappa shape index (κ3) is 7.12. The minimum Gasteiger partial charge on any atom is -0.352 e. The van der Waals surface area contributed by atoms with Crippen LogP contribution in [0.15, 0.2) is 46.9 Å². The lowest BCUT2D eigenvalue weighted by atomic mass is 10.1. The van der Waals surface area contributed by atoms with Crippen molar-refractivity contribution in [1.82, 2.24) is 10.2 Å². The minimum atomic E-state index is -3.82. The molecule has 0 heterocycles. The second kappa shape index (κ2) is 12.0. The minimum absolute atomic E-state index is 0.0514. The van der Waals surface area contributed by atoms with Crippen LogP contribution in [-0.2, 0) is 26.2 Å². The van der Waals surface area contributed by atoms with Crippen molar-refractivity contribution < 1.29 is 18.0 Å². The fourth-order valence-electron chi connectivity index (χ4n) is 4.08. The third-order valence-corrected chi connectivity index (χ3v) is 8.56. The van der Waals surface area contributed by atoms with Gasteiger partial charge in [-0.2, -0.15) is 0 Å². The van der Waals surface area contributed by atoms with E-state index in [1.165, 1.54) is 4.90 Å². The molecular weight excluding hydrogens is 577 g/mol. The van der Waals surface area contributed by atoms with Gasteiger partial charge in [0.15, 0.2) is 0 Å². The SMILES string of the molecule is C[C@@H](C(=O)NC1CCCC1)N(Cc1c(Cl)cccc1Cl)C(=O)CN(c1ccccc1Br)S(C)(=O)=O. The van der Waals surface area contributed by atoms with Crippen molar-refractivity contribution in [3.63, 3.8) is 0 Å². The number of benzene rings is 2. The number of halogens is 3. The van der Waals surface area contributed by atoms with E-state index in [0.717, 1.165) is 36.2 Å². The highest BCUT2D eigenvalue weighted by atomic mass is 79.9. The molecule has 0 aromatic heterocycles. The van der Waals surface area contributed by atoms with Gasteiger partial charge in [0.25, 0.3) is 0 Å². The first-order valence-electron chi connectivity index (χ1n) is 11.2. The van der Waals surface area contributed by atoms with Gasteiger partial charge in [0.05, 0.1) is 11.9 Å². The van der Waals surface area contributed by atoms with Crippen molar-refractivity contribution in [3.8, 4) is 0 Å². The van der Waals surface area contributed by atoms with Crippen molar-refractivity contribution in [2.75, 3.05) is 17.1 Å². The molecule has 1 aliphatic carbocycles. The molecule has 1 saturated carbocycles. The fourth-order valence-corrected chi connectivity index (χ4v) is 6.07. The summed E-state index contributed by atoms with van der Waals surface area (Å²) in [5.41, 5.74) is 0.804. The third-order valence-electron chi connectivity index (χ3n) is 6.06. The summed E-state index contributed by atoms with van der Waals surface area (Å²) in [6.07, 6.45) is 4.92. The highest BCUT2D eigenvalue weighted by molar-refractivity contribution is 9.10. The zero-order valence-electron chi connectivity index (χ0n) is 19.5. The monoisotopic (exact) mass is 603 g/mol. The molecule has 1 atom stereocenters. The number of anilines is 1. The first-order valence-corrected chi connectivity index (χ1v) is 14.6. The Labute approximate surface area is 224 Å². The molecule has 190 valence electrons. The number of amides is 2. The van der Waals surface area contributed by atoms with Crippen molar-refractivity contribution in [1.29, 1.82) is 0 Å². The Kier molecular flexibility index (Phi) is 9.48. The Morgan fingerprint density at radius 3 is 2.26 bits per heavy atom. The van der Waals surface area contributed by atoms with Gasteiger partial charge in [-0.1, -0.05) is 54.2 Å². The quantitative estimate of drug-likeness (QED) is 0.436. The summed E-state index contributed by atoms with van der Waals surface area (Å²) in [4.78, 5) is 28.1. The zero-order chi connectivity index (χ0) is 25.8. The zero-order valence-corrected chi connectivity index (χ0v) is 23.4. The number of carbonyl (C=O) groups is 2. The molecule has 1 N–H and O–H groups in total. The maximum Gasteiger partial charge on any atom is 0.244 e. The lowest BCUT2D eigenvalue weighted by molar-refractivity contribution is -0.139. The number of carbonyl (C=O) groups excluding carboxylic acids is 2. The number of sulfonamides is 1. The Morgan fingerprint density at radius 1 is 1.09 bits per heavy atom. The van der Waals surface area contributed by atoms with Crippen LogP contribution in [0.3, 0.4) is 0 Å². The molecule has 0 unspecified atom stereocenters. The first-order chi connectivity index (χ1) is 16.5. The van der Waals surface area contributed by atoms with Crippen LogP contribution in [0.2, 0.25) is 10.0 Å². The number of hydrogen-bond donors (Lipinski definition) is 1. The van der Waals surface area contributed by atoms with E-state index >= 15 is 0 Å². The molecule has 11 heteroatoms. The summed E-state index contributed by atoms with van der Waals surface area (Å²) in [6, 6.07) is 10.9. The predicted octanol–water partition coefficient (Wildman–Crippen LogP) is 5.00. The second-order valence-electron chi connectivity index (χ2n) is 8.61. The molecule has 7 nitrogen and oxygen atoms in total. The van der Waals surface area contributed by atoms with Gasteiger partial charge in [-0.25, -0.2) is 8.42 Å². The fraction of sp³-hybridized carbons (Fsp3) is 0.417. The molecular formula is C24H28BrCl2N3O4S. The molecule has 2 amide bonds. The van der Waals surface area contributed by atoms with Gasteiger partial charge in [0.1, 0.15) is 12.6 Å². The second-order valence-corrected chi connectivity index (χ2v) is 12.2. The van der Waals surface area contributed by atoms with Gasteiger partial charge in [0.2, 0.25) is 21.8 Å². The highest BCUT2D eigenvalue weighted by Crippen LogP contribution is 2.29. The van der Waals surface area contributed by atoms with Crippen LogP contribution in [0.1, 0.15) is 38.2 Å². The average Bonchev–Trinajstić information content (AvgIpc) is 3.29. The Bertz CT molecular complexity index is 1170. The van der Waals surface area contributed by atoms with E-state index in [1.807, 2.05) is 0 Å². The number of hydrogen-bond acceptors (Lipinski definition) is 4. The van der Waals surface area contributed by atoms with Crippen LogP contribution in [-0.4, -0.2) is 50.0 Å². The summed E-state index contributed by atoms with van der Waals surface area (Å²) < 4.78 is 26.8. The lowest BCUT2D eigenvalue weighted by Gasteiger charge is -2.32. The summed E-state index contributed by atoms with van der Waals surface area (Å²) in [5.74, 6) is -0.864. The van der Waals surface area contributed by atoms with Gasteiger partial charge < -0.3 is 10.2 Å². The number of nitrogens with zero attached hydrogens (tertiary/aromatic N) is 2. The summed E-state index contributed by atoms with van der Waals surface area (Å²) in [5, 5.41) is 3.72. The van der Waals surface area contributed by atoms with E-state index in [-0.39, 0.29) is 18.5 Å². The van der Waals surface area contributed by atoms with E-state index in [2.05, 4.69) is 21.2 Å². The highest BCUT2D eigenvalue weighted by Gasteiger charge is 2.32. The maximum absolute atomic E-state index is 13.6. The molecule has 3 rings (SSSR count). The molecule has 0 saturated heterocycles. The molecule has 2 aromatic rings. The van der Waals surface area contributed by atoms with E-state index in [0.29, 0.717) is 25.8 Å². The summed E-state index contributed by atoms with van der Waals surface area (Å²) >= 11 is 16.1. The molecule has 1 fully saturated rings. The maximum atomic E-state index is 13.6. The van der Waals surface area contributed by atoms with Gasteiger partial charge in [0, 0.05) is 32.7 Å². The van der Waals surface area contributed by atoms with Crippen molar-refractivity contribution in [2.24, 2.45) is 0 Å². The van der Waals surface area contributed by atoms with Crippen LogP contribution < -0.4 is 9.62 Å². The molecule has 0 aliphatic heterocycles. The molecule has 2 aromatic carbocycles. The van der Waals surface area contributed by atoms with Crippen molar-refractivity contribution >= 4 is 66.7 Å². The van der Waals surface area contributed by atoms with Gasteiger partial charge in [-0.15, -0.1) is 0 Å². The molecule has 1 aliphatic rings. The van der Waals surface area contributed by atoms with Crippen molar-refractivity contribution in [2.45, 2.75) is 51.2 Å². The Balaban J connectivity index is 1.93. The first kappa shape index (κ1) is 27.8. The standard InChI is InChI=1S/C24H28BrCl2N3O4S/c1-16(24(32)28-17-8-3-4-9-17)29(14-18-20(26)11-7-12-21(18)27)23(31)15-30(35(2,33)34)22-13-6-5-10-19(22)25/h5-7,10-13,16-17H,3-4,8-9,14-15H2,1-2H3,(H,28,32)/t16-/m0/s1. The average molecular weight is 605 g/mol. The number of rotatable bonds is 9. The predicted molar refractivity (Wildman–Crippen MR) is 143 cm³/mol. The number of nitrogens with one attached hydrogen (secondary N) is 1. The van der Waals surface area contributed by atoms with E-state index in [4.69, 9.17) is 23.2 Å². The van der Waals surface area contributed by atoms with Crippen LogP contribution >= 0.6 is 39.1 Å². The van der Waals surface area contributed by atoms with Crippen molar-refractivity contribution in [3.05, 3.63) is 62.5 Å². The van der Waals surface area contributed by atoms with E-state index < -0.39 is 28.5 Å². The topological polar surface area (TPSA) is 86.8 Å². The largest absolute Gasteiger partial charge is 0.352 e. The van der Waals surface area contributed by atoms with Gasteiger partial charge in [-0.05, 0) is 60.0 Å². The van der Waals surface area contributed by atoms with Gasteiger partial charge >= 0.3 is 0 Å². The normalized spacial score (nSPS) is 15.0. The lowest BCUT2D eigenvalue weighted by Crippen LogP contribution is -2.52. The summed E-state index contributed by atoms with van der Waals surface area (Å²) in [6.45, 7) is 1.07. The van der Waals surface area contributed by atoms with E-state index in [9.17, 15) is 18.0 Å². The number of para-hydroxylation sites is 1. The van der Waals surface area contributed by atoms with Gasteiger partial charge in [-0.3, -0.25) is 13.9 Å². The molecule has 0 radical (unpaired) electrons. The Morgan fingerprint density at radius 2 is 1.69 bits per heavy atom. The van der Waals surface area contributed by atoms with Crippen LogP contribution in [0, 0.1) is 0 Å². The molecule has 35 heavy (non-hydrogen) atoms.